The van der Waals surface area contributed by atoms with Gasteiger partial charge in [0.15, 0.2) is 0 Å². The number of alkyl halides is 1. The highest BCUT2D eigenvalue weighted by molar-refractivity contribution is 9.09. The molecule has 0 N–H and O–H groups in total. The zero-order valence-corrected chi connectivity index (χ0v) is 12.3. The summed E-state index contributed by atoms with van der Waals surface area (Å²) >= 11 is 5.20. The molecule has 1 saturated heterocycles. The van der Waals surface area contributed by atoms with Crippen LogP contribution in [-0.2, 0) is 11.2 Å². The molecular weight excluding hydrogens is 298 g/mol. The molecule has 1 aromatic heterocycles. The fraction of sp³-hybridized carbons (Fsp3) is 0.615. The summed E-state index contributed by atoms with van der Waals surface area (Å²) in [5.74, 6) is 0.287. The molecular formula is C13H18BrNOS. The van der Waals surface area contributed by atoms with Crippen molar-refractivity contribution in [3.63, 3.8) is 0 Å². The molecule has 17 heavy (non-hydrogen) atoms. The first-order chi connectivity index (χ1) is 8.31. The highest BCUT2D eigenvalue weighted by Crippen LogP contribution is 2.20. The van der Waals surface area contributed by atoms with Crippen molar-refractivity contribution in [2.24, 2.45) is 0 Å². The summed E-state index contributed by atoms with van der Waals surface area (Å²) in [6.07, 6.45) is 5.36. The Morgan fingerprint density at radius 3 is 3.06 bits per heavy atom. The summed E-state index contributed by atoms with van der Waals surface area (Å²) in [4.78, 5) is 14.4. The second-order valence-corrected chi connectivity index (χ2v) is 5.98. The molecule has 0 aromatic carbocycles. The molecule has 1 aliphatic rings. The molecule has 0 bridgehead atoms. The summed E-state index contributed by atoms with van der Waals surface area (Å²) in [5.41, 5.74) is 1.15. The minimum Gasteiger partial charge on any atom is -0.339 e. The molecule has 1 fully saturated rings. The van der Waals surface area contributed by atoms with Crippen molar-refractivity contribution in [1.82, 2.24) is 4.90 Å². The second-order valence-electron chi connectivity index (χ2n) is 4.55. The summed E-state index contributed by atoms with van der Waals surface area (Å²) in [5, 5.41) is 5.01. The van der Waals surface area contributed by atoms with Crippen molar-refractivity contribution < 1.29 is 4.79 Å². The third-order valence-electron chi connectivity index (χ3n) is 3.31. The number of halogens is 1. The van der Waals surface area contributed by atoms with Crippen molar-refractivity contribution in [2.75, 3.05) is 11.9 Å². The predicted octanol–water partition coefficient (Wildman–Crippen LogP) is 3.46. The van der Waals surface area contributed by atoms with Gasteiger partial charge in [-0.3, -0.25) is 4.79 Å². The quantitative estimate of drug-likeness (QED) is 0.782. The van der Waals surface area contributed by atoms with Crippen LogP contribution in [0.5, 0.6) is 0 Å². The maximum absolute atomic E-state index is 12.3. The van der Waals surface area contributed by atoms with Gasteiger partial charge in [0.25, 0.3) is 0 Å². The van der Waals surface area contributed by atoms with Gasteiger partial charge in [0, 0.05) is 17.9 Å². The molecule has 4 heteroatoms. The lowest BCUT2D eigenvalue weighted by atomic mass is 10.1. The van der Waals surface area contributed by atoms with Gasteiger partial charge in [-0.1, -0.05) is 28.8 Å². The van der Waals surface area contributed by atoms with E-state index in [1.165, 1.54) is 12.8 Å². The Bertz CT molecular complexity index is 352. The Kier molecular flexibility index (Phi) is 5.04. The van der Waals surface area contributed by atoms with Gasteiger partial charge in [0.1, 0.15) is 0 Å². The first kappa shape index (κ1) is 13.1. The van der Waals surface area contributed by atoms with Gasteiger partial charge >= 0.3 is 0 Å². The maximum atomic E-state index is 12.3. The lowest BCUT2D eigenvalue weighted by Gasteiger charge is -2.28. The van der Waals surface area contributed by atoms with E-state index in [1.807, 2.05) is 11.4 Å². The lowest BCUT2D eigenvalue weighted by molar-refractivity contribution is -0.132. The second kappa shape index (κ2) is 6.55. The largest absolute Gasteiger partial charge is 0.339 e. The van der Waals surface area contributed by atoms with Crippen LogP contribution in [0.4, 0.5) is 0 Å². The number of rotatable bonds is 3. The van der Waals surface area contributed by atoms with Crippen molar-refractivity contribution in [2.45, 2.75) is 38.1 Å². The first-order valence-corrected chi connectivity index (χ1v) is 8.24. The van der Waals surface area contributed by atoms with E-state index >= 15 is 0 Å². The Hall–Kier alpha value is -0.350. The number of hydrogen-bond acceptors (Lipinski definition) is 2. The molecule has 1 aromatic rings. The zero-order chi connectivity index (χ0) is 12.1. The van der Waals surface area contributed by atoms with Crippen molar-refractivity contribution in [3.8, 4) is 0 Å². The molecule has 2 heterocycles. The van der Waals surface area contributed by atoms with Crippen LogP contribution in [0, 0.1) is 0 Å². The average molecular weight is 316 g/mol. The summed E-state index contributed by atoms with van der Waals surface area (Å²) in [6, 6.07) is 2.44. The fourth-order valence-electron chi connectivity index (χ4n) is 2.34. The maximum Gasteiger partial charge on any atom is 0.227 e. The molecule has 0 spiro atoms. The van der Waals surface area contributed by atoms with Crippen LogP contribution in [0.3, 0.4) is 0 Å². The molecule has 0 aliphatic carbocycles. The molecule has 1 atom stereocenters. The molecule has 0 saturated carbocycles. The van der Waals surface area contributed by atoms with Crippen LogP contribution >= 0.6 is 27.3 Å². The SMILES string of the molecule is O=C(Cc1ccsc1)N1CCCCCC1CBr. The summed E-state index contributed by atoms with van der Waals surface area (Å²) in [6.45, 7) is 0.930. The van der Waals surface area contributed by atoms with Crippen LogP contribution < -0.4 is 0 Å². The standard InChI is InChI=1S/C13H18BrNOS/c14-9-12-4-2-1-3-6-15(12)13(16)8-11-5-7-17-10-11/h5,7,10,12H,1-4,6,8-9H2. The number of hydrogen-bond donors (Lipinski definition) is 0. The van der Waals surface area contributed by atoms with Crippen LogP contribution in [0.25, 0.3) is 0 Å². The molecule has 1 amide bonds. The van der Waals surface area contributed by atoms with Crippen LogP contribution in [0.15, 0.2) is 16.8 Å². The van der Waals surface area contributed by atoms with E-state index in [4.69, 9.17) is 0 Å². The van der Waals surface area contributed by atoms with Gasteiger partial charge in [-0.05, 0) is 35.2 Å². The number of carbonyl (C=O) groups excluding carboxylic acids is 1. The predicted molar refractivity (Wildman–Crippen MR) is 75.8 cm³/mol. The molecule has 1 unspecified atom stereocenters. The number of carbonyl (C=O) groups is 1. The molecule has 1 aliphatic heterocycles. The minimum atomic E-state index is 0.287. The van der Waals surface area contributed by atoms with Crippen molar-refractivity contribution >= 4 is 33.2 Å². The van der Waals surface area contributed by atoms with E-state index in [-0.39, 0.29) is 5.91 Å². The fourth-order valence-corrected chi connectivity index (χ4v) is 3.68. The van der Waals surface area contributed by atoms with Gasteiger partial charge < -0.3 is 4.90 Å². The molecule has 94 valence electrons. The normalized spacial score (nSPS) is 21.2. The van der Waals surface area contributed by atoms with Gasteiger partial charge in [-0.2, -0.15) is 11.3 Å². The van der Waals surface area contributed by atoms with Crippen LogP contribution in [0.1, 0.15) is 31.2 Å². The van der Waals surface area contributed by atoms with Crippen LogP contribution in [-0.4, -0.2) is 28.7 Å². The van der Waals surface area contributed by atoms with E-state index in [0.717, 1.165) is 30.3 Å². The van der Waals surface area contributed by atoms with Gasteiger partial charge in [0.2, 0.25) is 5.91 Å². The smallest absolute Gasteiger partial charge is 0.227 e. The molecule has 0 radical (unpaired) electrons. The Balaban J connectivity index is 2.00. The van der Waals surface area contributed by atoms with Crippen LogP contribution in [0.2, 0.25) is 0 Å². The van der Waals surface area contributed by atoms with Crippen molar-refractivity contribution in [3.05, 3.63) is 22.4 Å². The minimum absolute atomic E-state index is 0.287. The third-order valence-corrected chi connectivity index (χ3v) is 4.79. The highest BCUT2D eigenvalue weighted by atomic mass is 79.9. The van der Waals surface area contributed by atoms with E-state index in [9.17, 15) is 4.79 Å². The molecule has 2 rings (SSSR count). The Labute approximate surface area is 115 Å². The number of amides is 1. The number of nitrogens with zero attached hydrogens (tertiary/aromatic N) is 1. The van der Waals surface area contributed by atoms with Gasteiger partial charge in [-0.15, -0.1) is 0 Å². The van der Waals surface area contributed by atoms with E-state index in [0.29, 0.717) is 12.5 Å². The lowest BCUT2D eigenvalue weighted by Crippen LogP contribution is -2.41. The average Bonchev–Trinajstić information content (AvgIpc) is 2.71. The van der Waals surface area contributed by atoms with Crippen molar-refractivity contribution in [1.29, 1.82) is 0 Å². The summed E-state index contributed by atoms with van der Waals surface area (Å²) in [7, 11) is 0. The summed E-state index contributed by atoms with van der Waals surface area (Å²) < 4.78 is 0. The highest BCUT2D eigenvalue weighted by Gasteiger charge is 2.24. The molecule has 2 nitrogen and oxygen atoms in total. The first-order valence-electron chi connectivity index (χ1n) is 6.18. The monoisotopic (exact) mass is 315 g/mol. The van der Waals surface area contributed by atoms with Gasteiger partial charge in [0.05, 0.1) is 6.42 Å². The Morgan fingerprint density at radius 2 is 2.35 bits per heavy atom. The van der Waals surface area contributed by atoms with E-state index in [2.05, 4.69) is 26.2 Å². The van der Waals surface area contributed by atoms with E-state index in [1.54, 1.807) is 11.3 Å². The topological polar surface area (TPSA) is 20.3 Å². The van der Waals surface area contributed by atoms with E-state index < -0.39 is 0 Å². The van der Waals surface area contributed by atoms with Gasteiger partial charge in [-0.25, -0.2) is 0 Å². The Morgan fingerprint density at radius 1 is 1.47 bits per heavy atom. The third kappa shape index (κ3) is 3.55. The zero-order valence-electron chi connectivity index (χ0n) is 9.90. The number of thiophene rings is 1. The number of likely N-dealkylation sites (tertiary alicyclic amines) is 1.